The van der Waals surface area contributed by atoms with E-state index < -0.39 is 0 Å². The van der Waals surface area contributed by atoms with E-state index in [4.69, 9.17) is 16.6 Å². The Morgan fingerprint density at radius 3 is 3.10 bits per heavy atom. The first-order valence-corrected chi connectivity index (χ1v) is 9.17. The molecular weight excluding hydrogens is 320 g/mol. The lowest BCUT2D eigenvalue weighted by atomic mass is 10.1. The minimum atomic E-state index is 0.452. The fourth-order valence-electron chi connectivity index (χ4n) is 2.88. The molecule has 3 aromatic rings. The molecule has 1 aromatic carbocycles. The highest BCUT2D eigenvalue weighted by Crippen LogP contribution is 2.40. The molecule has 0 radical (unpaired) electrons. The van der Waals surface area contributed by atoms with Crippen LogP contribution in [-0.4, -0.2) is 11.5 Å². The molecule has 4 rings (SSSR count). The SMILES string of the molecule is Cc1c(-c2csc(C3CCCN3)n2)sc2ccc(Cl)cc12. The first-order chi connectivity index (χ1) is 10.2. The molecule has 1 unspecified atom stereocenters. The number of nitrogens with zero attached hydrogens (tertiary/aromatic N) is 1. The van der Waals surface area contributed by atoms with Gasteiger partial charge in [-0.1, -0.05) is 11.6 Å². The molecule has 21 heavy (non-hydrogen) atoms. The fourth-order valence-corrected chi connectivity index (χ4v) is 5.20. The van der Waals surface area contributed by atoms with E-state index in [-0.39, 0.29) is 0 Å². The van der Waals surface area contributed by atoms with Gasteiger partial charge in [0.15, 0.2) is 0 Å². The van der Waals surface area contributed by atoms with Crippen LogP contribution in [0.25, 0.3) is 20.7 Å². The lowest BCUT2D eigenvalue weighted by Gasteiger charge is -2.04. The third-order valence-electron chi connectivity index (χ3n) is 4.01. The molecule has 2 nitrogen and oxygen atoms in total. The van der Waals surface area contributed by atoms with E-state index in [0.29, 0.717) is 6.04 Å². The molecule has 1 fully saturated rings. The van der Waals surface area contributed by atoms with Crippen LogP contribution in [0.15, 0.2) is 23.6 Å². The summed E-state index contributed by atoms with van der Waals surface area (Å²) in [5.74, 6) is 0. The zero-order valence-electron chi connectivity index (χ0n) is 11.6. The molecule has 1 aliphatic rings. The number of hydrogen-bond donors (Lipinski definition) is 1. The number of hydrogen-bond acceptors (Lipinski definition) is 4. The second-order valence-corrected chi connectivity index (χ2v) is 7.79. The van der Waals surface area contributed by atoms with Crippen molar-refractivity contribution in [1.29, 1.82) is 0 Å². The Kier molecular flexibility index (Phi) is 3.50. The molecule has 5 heteroatoms. The van der Waals surface area contributed by atoms with Gasteiger partial charge in [0.2, 0.25) is 0 Å². The van der Waals surface area contributed by atoms with Gasteiger partial charge >= 0.3 is 0 Å². The average molecular weight is 335 g/mol. The van der Waals surface area contributed by atoms with Crippen molar-refractivity contribution in [2.75, 3.05) is 6.54 Å². The van der Waals surface area contributed by atoms with Gasteiger partial charge in [0, 0.05) is 15.1 Å². The zero-order valence-corrected chi connectivity index (χ0v) is 14.0. The summed E-state index contributed by atoms with van der Waals surface area (Å²) in [7, 11) is 0. The van der Waals surface area contributed by atoms with Crippen molar-refractivity contribution in [3.63, 3.8) is 0 Å². The van der Waals surface area contributed by atoms with Crippen LogP contribution in [0.5, 0.6) is 0 Å². The van der Waals surface area contributed by atoms with Crippen LogP contribution < -0.4 is 5.32 Å². The van der Waals surface area contributed by atoms with Crippen molar-refractivity contribution in [3.8, 4) is 10.6 Å². The molecule has 1 aliphatic heterocycles. The average Bonchev–Trinajstić information content (AvgIpc) is 3.18. The van der Waals surface area contributed by atoms with E-state index in [1.807, 2.05) is 6.07 Å². The van der Waals surface area contributed by atoms with Crippen LogP contribution in [0.4, 0.5) is 0 Å². The Morgan fingerprint density at radius 1 is 1.38 bits per heavy atom. The smallest absolute Gasteiger partial charge is 0.110 e. The van der Waals surface area contributed by atoms with Gasteiger partial charge < -0.3 is 5.32 Å². The number of nitrogens with one attached hydrogen (secondary N) is 1. The molecule has 0 aliphatic carbocycles. The monoisotopic (exact) mass is 334 g/mol. The molecule has 0 amide bonds. The van der Waals surface area contributed by atoms with Crippen molar-refractivity contribution in [2.45, 2.75) is 25.8 Å². The van der Waals surface area contributed by atoms with Crippen LogP contribution in [-0.2, 0) is 0 Å². The number of thiophene rings is 1. The molecule has 3 heterocycles. The molecule has 1 atom stereocenters. The normalized spacial score (nSPS) is 18.7. The van der Waals surface area contributed by atoms with E-state index in [9.17, 15) is 0 Å². The fraction of sp³-hybridized carbons (Fsp3) is 0.312. The van der Waals surface area contributed by atoms with Crippen molar-refractivity contribution < 1.29 is 0 Å². The number of halogens is 1. The largest absolute Gasteiger partial charge is 0.308 e. The topological polar surface area (TPSA) is 24.9 Å². The number of aromatic nitrogens is 1. The van der Waals surface area contributed by atoms with Crippen LogP contribution in [0, 0.1) is 6.92 Å². The Morgan fingerprint density at radius 2 is 2.29 bits per heavy atom. The summed E-state index contributed by atoms with van der Waals surface area (Å²) < 4.78 is 1.28. The maximum absolute atomic E-state index is 6.12. The zero-order chi connectivity index (χ0) is 14.4. The van der Waals surface area contributed by atoms with Crippen molar-refractivity contribution in [2.24, 2.45) is 0 Å². The van der Waals surface area contributed by atoms with Crippen LogP contribution in [0.2, 0.25) is 5.02 Å². The van der Waals surface area contributed by atoms with Gasteiger partial charge in [-0.15, -0.1) is 22.7 Å². The Labute approximate surface area is 136 Å². The van der Waals surface area contributed by atoms with E-state index in [0.717, 1.165) is 17.3 Å². The predicted octanol–water partition coefficient (Wildman–Crippen LogP) is 5.41. The van der Waals surface area contributed by atoms with Gasteiger partial charge in [-0.3, -0.25) is 0 Å². The molecule has 1 saturated heterocycles. The van der Waals surface area contributed by atoms with Crippen molar-refractivity contribution >= 4 is 44.4 Å². The molecule has 2 aromatic heterocycles. The molecule has 0 bridgehead atoms. The van der Waals surface area contributed by atoms with E-state index in [1.54, 1.807) is 22.7 Å². The minimum absolute atomic E-state index is 0.452. The Bertz CT molecular complexity index is 800. The van der Waals surface area contributed by atoms with Crippen LogP contribution in [0.1, 0.15) is 29.5 Å². The van der Waals surface area contributed by atoms with Gasteiger partial charge in [-0.25, -0.2) is 4.98 Å². The summed E-state index contributed by atoms with van der Waals surface area (Å²) in [6.45, 7) is 3.28. The number of thiazole rings is 1. The van der Waals surface area contributed by atoms with Gasteiger partial charge in [0.05, 0.1) is 16.6 Å². The second-order valence-electron chi connectivity index (χ2n) is 5.42. The number of rotatable bonds is 2. The quantitative estimate of drug-likeness (QED) is 0.677. The van der Waals surface area contributed by atoms with Crippen molar-refractivity contribution in [3.05, 3.63) is 39.2 Å². The molecule has 1 N–H and O–H groups in total. The Hall–Kier alpha value is -0.940. The lowest BCUT2D eigenvalue weighted by molar-refractivity contribution is 0.643. The van der Waals surface area contributed by atoms with Crippen LogP contribution >= 0.6 is 34.3 Å². The van der Waals surface area contributed by atoms with Gasteiger partial charge in [0.25, 0.3) is 0 Å². The number of benzene rings is 1. The van der Waals surface area contributed by atoms with Crippen LogP contribution in [0.3, 0.4) is 0 Å². The maximum Gasteiger partial charge on any atom is 0.110 e. The minimum Gasteiger partial charge on any atom is -0.308 e. The standard InChI is InChI=1S/C16H15ClN2S2/c1-9-11-7-10(17)4-5-14(11)21-15(9)13-8-20-16(19-13)12-3-2-6-18-12/h4-5,7-8,12,18H,2-3,6H2,1H3. The third-order valence-corrected chi connectivity index (χ3v) is 6.50. The molecule has 108 valence electrons. The highest BCUT2D eigenvalue weighted by atomic mass is 35.5. The second kappa shape index (κ2) is 5.36. The number of aryl methyl sites for hydroxylation is 1. The molecule has 0 spiro atoms. The highest BCUT2D eigenvalue weighted by Gasteiger charge is 2.21. The van der Waals surface area contributed by atoms with Crippen molar-refractivity contribution in [1.82, 2.24) is 10.3 Å². The maximum atomic E-state index is 6.12. The Balaban J connectivity index is 1.77. The third kappa shape index (κ3) is 2.40. The lowest BCUT2D eigenvalue weighted by Crippen LogP contribution is -2.12. The first-order valence-electron chi connectivity index (χ1n) is 7.10. The molecule has 0 saturated carbocycles. The van der Waals surface area contributed by atoms with Gasteiger partial charge in [0.1, 0.15) is 5.01 Å². The van der Waals surface area contributed by atoms with E-state index in [2.05, 4.69) is 29.8 Å². The summed E-state index contributed by atoms with van der Waals surface area (Å²) in [6.07, 6.45) is 2.45. The summed E-state index contributed by atoms with van der Waals surface area (Å²) in [6, 6.07) is 6.56. The van der Waals surface area contributed by atoms with Gasteiger partial charge in [-0.05, 0) is 55.5 Å². The van der Waals surface area contributed by atoms with E-state index >= 15 is 0 Å². The summed E-state index contributed by atoms with van der Waals surface area (Å²) in [4.78, 5) is 6.15. The summed E-state index contributed by atoms with van der Waals surface area (Å²) in [5, 5.41) is 8.97. The molecular formula is C16H15ClN2S2. The van der Waals surface area contributed by atoms with Gasteiger partial charge in [-0.2, -0.15) is 0 Å². The first kappa shape index (κ1) is 13.7. The number of fused-ring (bicyclic) bond motifs is 1. The summed E-state index contributed by atoms with van der Waals surface area (Å²) in [5.41, 5.74) is 2.40. The van der Waals surface area contributed by atoms with E-state index in [1.165, 1.54) is 38.4 Å². The summed E-state index contributed by atoms with van der Waals surface area (Å²) >= 11 is 9.70. The highest BCUT2D eigenvalue weighted by molar-refractivity contribution is 7.22. The predicted molar refractivity (Wildman–Crippen MR) is 92.7 cm³/mol.